The molecule has 1 aliphatic rings. The van der Waals surface area contributed by atoms with Crippen LogP contribution in [0.5, 0.6) is 5.75 Å². The Hall–Kier alpha value is -4.19. The average molecular weight is 660 g/mol. The van der Waals surface area contributed by atoms with Crippen LogP contribution in [0.15, 0.2) is 82.8 Å². The van der Waals surface area contributed by atoms with Gasteiger partial charge in [-0.05, 0) is 60.7 Å². The molecule has 3 aromatic heterocycles. The lowest BCUT2D eigenvalue weighted by atomic mass is 9.96. The number of carbonyl (C=O) groups excluding carboxylic acids is 2. The summed E-state index contributed by atoms with van der Waals surface area (Å²) in [6.45, 7) is 6.52. The van der Waals surface area contributed by atoms with Gasteiger partial charge in [0.15, 0.2) is 10.1 Å². The fourth-order valence-corrected chi connectivity index (χ4v) is 7.32. The number of anilines is 1. The molecule has 12 heteroatoms. The number of carbonyl (C=O) groups is 2. The zero-order chi connectivity index (χ0) is 31.7. The molecule has 0 spiro atoms. The molecule has 45 heavy (non-hydrogen) atoms. The number of aliphatic hydroxyl groups excluding tert-OH is 1. The van der Waals surface area contributed by atoms with E-state index in [2.05, 4.69) is 29.0 Å². The lowest BCUT2D eigenvalue weighted by molar-refractivity contribution is -0.132. The van der Waals surface area contributed by atoms with Crippen molar-refractivity contribution in [1.29, 1.82) is 0 Å². The minimum atomic E-state index is -0.985. The van der Waals surface area contributed by atoms with Gasteiger partial charge in [0.2, 0.25) is 5.13 Å². The number of hydrogen-bond donors (Lipinski definition) is 1. The van der Waals surface area contributed by atoms with Crippen molar-refractivity contribution in [3.8, 4) is 5.75 Å². The number of benzene rings is 2. The predicted molar refractivity (Wildman–Crippen MR) is 177 cm³/mol. The number of nitrogens with zero attached hydrogens (tertiary/aromatic N) is 5. The molecule has 0 saturated carbocycles. The smallest absolute Gasteiger partial charge is 0.301 e. The summed E-state index contributed by atoms with van der Waals surface area (Å²) in [5.41, 5.74) is 2.93. The Morgan fingerprint density at radius 1 is 1.09 bits per heavy atom. The van der Waals surface area contributed by atoms with Crippen molar-refractivity contribution in [1.82, 2.24) is 19.6 Å². The molecule has 1 amide bonds. The van der Waals surface area contributed by atoms with E-state index in [4.69, 9.17) is 16.3 Å². The van der Waals surface area contributed by atoms with Crippen LogP contribution >= 0.6 is 34.7 Å². The molecule has 1 unspecified atom stereocenters. The van der Waals surface area contributed by atoms with Crippen LogP contribution in [0.3, 0.4) is 0 Å². The first-order valence-corrected chi connectivity index (χ1v) is 16.6. The lowest BCUT2D eigenvalue weighted by Crippen LogP contribution is -2.29. The Kier molecular flexibility index (Phi) is 8.93. The number of aryl methyl sites for hydroxylation is 1. The molecule has 1 atom stereocenters. The number of imidazole rings is 1. The number of aromatic nitrogens is 4. The third kappa shape index (κ3) is 6.20. The van der Waals surface area contributed by atoms with Gasteiger partial charge in [0, 0.05) is 17.0 Å². The number of fused-ring (bicyclic) bond motifs is 1. The number of Topliss-reactive ketones (excluding diaryl/α,β-unsaturated/α-hetero) is 1. The highest BCUT2D eigenvalue weighted by Crippen LogP contribution is 2.45. The largest absolute Gasteiger partial charge is 0.505 e. The molecular formula is C33H30ClN5O4S2. The van der Waals surface area contributed by atoms with Crippen molar-refractivity contribution in [2.45, 2.75) is 43.3 Å². The van der Waals surface area contributed by atoms with Gasteiger partial charge in [0.25, 0.3) is 5.78 Å². The van der Waals surface area contributed by atoms with Crippen LogP contribution in [0.25, 0.3) is 11.4 Å². The third-order valence-corrected chi connectivity index (χ3v) is 9.89. The Labute approximate surface area is 273 Å². The first-order chi connectivity index (χ1) is 21.7. The summed E-state index contributed by atoms with van der Waals surface area (Å²) in [5.74, 6) is -0.331. The maximum atomic E-state index is 13.8. The minimum absolute atomic E-state index is 0.0615. The molecule has 230 valence electrons. The van der Waals surface area contributed by atoms with Crippen molar-refractivity contribution < 1.29 is 19.4 Å². The first-order valence-electron chi connectivity index (χ1n) is 14.4. The number of pyridine rings is 1. The molecule has 4 heterocycles. The zero-order valence-corrected chi connectivity index (χ0v) is 27.2. The highest BCUT2D eigenvalue weighted by Gasteiger charge is 2.49. The van der Waals surface area contributed by atoms with E-state index in [0.717, 1.165) is 12.0 Å². The molecule has 2 aromatic carbocycles. The van der Waals surface area contributed by atoms with Crippen molar-refractivity contribution in [2.24, 2.45) is 5.92 Å². The molecule has 1 N–H and O–H groups in total. The number of amides is 1. The van der Waals surface area contributed by atoms with Crippen LogP contribution in [0.1, 0.15) is 48.8 Å². The van der Waals surface area contributed by atoms with E-state index in [-0.39, 0.29) is 16.5 Å². The second kappa shape index (κ2) is 13.0. The zero-order valence-electron chi connectivity index (χ0n) is 24.8. The Morgan fingerprint density at radius 2 is 1.89 bits per heavy atom. The van der Waals surface area contributed by atoms with Gasteiger partial charge < -0.3 is 9.84 Å². The Bertz CT molecular complexity index is 1940. The van der Waals surface area contributed by atoms with Crippen LogP contribution in [0.4, 0.5) is 5.13 Å². The summed E-state index contributed by atoms with van der Waals surface area (Å²) in [5, 5.41) is 21.3. The standard InChI is InChI=1S/C33H30ClN5O4S2/c1-19(2)14-16-43-23-11-8-10-21(17-23)28-26(29(40)27-20(3)35-25-13-6-7-15-38(25)27)30(41)31(42)39(28)32-36-37-33(45-32)44-18-22-9-4-5-12-24(22)34/h4-13,15,17,19,28,40H,14,16,18H2,1-3H3. The quantitative estimate of drug-likeness (QED) is 0.0540. The van der Waals surface area contributed by atoms with Crippen LogP contribution < -0.4 is 9.64 Å². The van der Waals surface area contributed by atoms with E-state index in [1.807, 2.05) is 54.6 Å². The van der Waals surface area contributed by atoms with E-state index >= 15 is 0 Å². The number of hydrogen-bond acceptors (Lipinski definition) is 9. The Morgan fingerprint density at radius 3 is 2.69 bits per heavy atom. The number of thioether (sulfide) groups is 1. The number of ether oxygens (including phenoxy) is 1. The van der Waals surface area contributed by atoms with E-state index in [1.165, 1.54) is 28.0 Å². The van der Waals surface area contributed by atoms with Crippen molar-refractivity contribution in [3.05, 3.63) is 106 Å². The van der Waals surface area contributed by atoms with E-state index in [0.29, 0.717) is 56.0 Å². The summed E-state index contributed by atoms with van der Waals surface area (Å²) >= 11 is 8.96. The Balaban J connectivity index is 1.43. The second-order valence-electron chi connectivity index (χ2n) is 11.0. The molecule has 1 saturated heterocycles. The molecule has 0 radical (unpaired) electrons. The molecule has 6 rings (SSSR count). The minimum Gasteiger partial charge on any atom is -0.505 e. The van der Waals surface area contributed by atoms with E-state index in [1.54, 1.807) is 29.7 Å². The maximum absolute atomic E-state index is 13.8. The summed E-state index contributed by atoms with van der Waals surface area (Å²) in [4.78, 5) is 33.5. The molecule has 5 aromatic rings. The van der Waals surface area contributed by atoms with Gasteiger partial charge in [-0.15, -0.1) is 10.2 Å². The van der Waals surface area contributed by atoms with E-state index < -0.39 is 17.7 Å². The first kappa shape index (κ1) is 30.8. The van der Waals surface area contributed by atoms with Crippen molar-refractivity contribution in [2.75, 3.05) is 11.5 Å². The van der Waals surface area contributed by atoms with Gasteiger partial charge in [-0.2, -0.15) is 0 Å². The number of aliphatic hydroxyl groups is 1. The number of halogens is 1. The van der Waals surface area contributed by atoms with Gasteiger partial charge >= 0.3 is 5.91 Å². The second-order valence-corrected chi connectivity index (χ2v) is 13.6. The molecule has 9 nitrogen and oxygen atoms in total. The van der Waals surface area contributed by atoms with Gasteiger partial charge in [-0.25, -0.2) is 4.98 Å². The fourth-order valence-electron chi connectivity index (χ4n) is 5.17. The van der Waals surface area contributed by atoms with Crippen molar-refractivity contribution in [3.63, 3.8) is 0 Å². The van der Waals surface area contributed by atoms with Gasteiger partial charge in [0.1, 0.15) is 17.1 Å². The van der Waals surface area contributed by atoms with Gasteiger partial charge in [0.05, 0.1) is 23.9 Å². The molecule has 0 aliphatic carbocycles. The maximum Gasteiger partial charge on any atom is 0.301 e. The monoisotopic (exact) mass is 659 g/mol. The van der Waals surface area contributed by atoms with E-state index in [9.17, 15) is 14.7 Å². The topological polar surface area (TPSA) is 110 Å². The highest BCUT2D eigenvalue weighted by atomic mass is 35.5. The van der Waals surface area contributed by atoms with Crippen LogP contribution in [0.2, 0.25) is 5.02 Å². The SMILES string of the molecule is Cc1nc2ccccn2c1C(O)=C1C(=O)C(=O)N(c2nnc(SCc3ccccc3Cl)s2)C1c1cccc(OCCC(C)C)c1. The summed E-state index contributed by atoms with van der Waals surface area (Å²) in [7, 11) is 0. The summed E-state index contributed by atoms with van der Waals surface area (Å²) < 4.78 is 8.33. The number of ketones is 1. The average Bonchev–Trinajstić information content (AvgIpc) is 3.70. The highest BCUT2D eigenvalue weighted by molar-refractivity contribution is 8.00. The van der Waals surface area contributed by atoms with Crippen molar-refractivity contribution >= 4 is 62.9 Å². The lowest BCUT2D eigenvalue weighted by Gasteiger charge is -2.23. The van der Waals surface area contributed by atoms with Gasteiger partial charge in [-0.1, -0.05) is 84.9 Å². The van der Waals surface area contributed by atoms with Crippen LogP contribution in [0, 0.1) is 12.8 Å². The molecule has 0 bridgehead atoms. The summed E-state index contributed by atoms with van der Waals surface area (Å²) in [6.07, 6.45) is 2.63. The molecular weight excluding hydrogens is 630 g/mol. The molecule has 1 fully saturated rings. The predicted octanol–water partition coefficient (Wildman–Crippen LogP) is 7.49. The normalized spacial score (nSPS) is 16.3. The summed E-state index contributed by atoms with van der Waals surface area (Å²) in [6, 6.07) is 19.3. The molecule has 1 aliphatic heterocycles. The van der Waals surface area contributed by atoms with Crippen LogP contribution in [-0.2, 0) is 15.3 Å². The van der Waals surface area contributed by atoms with Crippen LogP contribution in [-0.4, -0.2) is 43.0 Å². The van der Waals surface area contributed by atoms with Gasteiger partial charge in [-0.3, -0.25) is 18.9 Å². The number of rotatable bonds is 10. The fraction of sp³-hybridized carbons (Fsp3) is 0.242. The third-order valence-electron chi connectivity index (χ3n) is 7.42.